The van der Waals surface area contributed by atoms with E-state index in [0.717, 1.165) is 0 Å². The number of hydrogen-bond acceptors (Lipinski definition) is 3. The van der Waals surface area contributed by atoms with Crippen LogP contribution in [0.2, 0.25) is 0 Å². The number of carbonyl (C=O) groups is 1. The molecule has 1 aliphatic rings. The molecule has 0 saturated carbocycles. The van der Waals surface area contributed by atoms with Crippen molar-refractivity contribution in [2.45, 2.75) is 32.9 Å². The second-order valence-electron chi connectivity index (χ2n) is 4.88. The fourth-order valence-electron chi connectivity index (χ4n) is 2.13. The van der Waals surface area contributed by atoms with Gasteiger partial charge < -0.3 is 14.9 Å². The Labute approximate surface area is 89.6 Å². The zero-order valence-electron chi connectivity index (χ0n) is 9.43. The minimum Gasteiger partial charge on any atom is -0.465 e. The van der Waals surface area contributed by atoms with Crippen molar-refractivity contribution in [3.63, 3.8) is 0 Å². The van der Waals surface area contributed by atoms with Crippen molar-refractivity contribution in [1.82, 2.24) is 4.90 Å². The van der Waals surface area contributed by atoms with E-state index in [4.69, 9.17) is 9.84 Å². The molecule has 0 radical (unpaired) electrons. The van der Waals surface area contributed by atoms with Gasteiger partial charge in [-0.15, -0.1) is 0 Å². The lowest BCUT2D eigenvalue weighted by Crippen LogP contribution is -2.59. The molecule has 15 heavy (non-hydrogen) atoms. The van der Waals surface area contributed by atoms with Gasteiger partial charge in [-0.25, -0.2) is 4.79 Å². The molecule has 5 nitrogen and oxygen atoms in total. The van der Waals surface area contributed by atoms with Crippen LogP contribution in [-0.2, 0) is 4.74 Å². The van der Waals surface area contributed by atoms with Gasteiger partial charge in [0, 0.05) is 6.54 Å². The fourth-order valence-corrected chi connectivity index (χ4v) is 2.13. The van der Waals surface area contributed by atoms with Crippen molar-refractivity contribution in [3.05, 3.63) is 0 Å². The highest BCUT2D eigenvalue weighted by Gasteiger charge is 2.42. The quantitative estimate of drug-likeness (QED) is 0.680. The monoisotopic (exact) mass is 217 g/mol. The number of carboxylic acid groups (broad SMARTS) is 1. The van der Waals surface area contributed by atoms with E-state index >= 15 is 0 Å². The van der Waals surface area contributed by atoms with E-state index in [1.807, 2.05) is 20.8 Å². The van der Waals surface area contributed by atoms with Crippen LogP contribution in [0, 0.1) is 5.41 Å². The van der Waals surface area contributed by atoms with Crippen LogP contribution in [0.5, 0.6) is 0 Å². The molecule has 2 N–H and O–H groups in total. The van der Waals surface area contributed by atoms with Crippen molar-refractivity contribution < 1.29 is 19.7 Å². The molecule has 1 unspecified atom stereocenters. The van der Waals surface area contributed by atoms with Crippen molar-refractivity contribution >= 4 is 6.09 Å². The largest absolute Gasteiger partial charge is 0.465 e. The molecular weight excluding hydrogens is 198 g/mol. The highest BCUT2D eigenvalue weighted by molar-refractivity contribution is 5.65. The van der Waals surface area contributed by atoms with Gasteiger partial charge in [-0.3, -0.25) is 4.90 Å². The number of aliphatic hydroxyl groups excluding tert-OH is 1. The van der Waals surface area contributed by atoms with Gasteiger partial charge in [-0.1, -0.05) is 20.8 Å². The van der Waals surface area contributed by atoms with Crippen molar-refractivity contribution in [2.75, 3.05) is 19.8 Å². The minimum atomic E-state index is -0.948. The molecule has 1 rings (SSSR count). The molecule has 88 valence electrons. The van der Waals surface area contributed by atoms with Gasteiger partial charge in [0.15, 0.2) is 0 Å². The molecule has 0 aromatic carbocycles. The third kappa shape index (κ3) is 2.60. The fraction of sp³-hybridized carbons (Fsp3) is 0.900. The maximum atomic E-state index is 11.1. The van der Waals surface area contributed by atoms with Crippen LogP contribution in [0.3, 0.4) is 0 Å². The van der Waals surface area contributed by atoms with E-state index in [1.165, 1.54) is 4.90 Å². The Morgan fingerprint density at radius 2 is 2.13 bits per heavy atom. The van der Waals surface area contributed by atoms with Crippen LogP contribution >= 0.6 is 0 Å². The van der Waals surface area contributed by atoms with Crippen LogP contribution in [0.15, 0.2) is 0 Å². The number of rotatable bonds is 1. The lowest BCUT2D eigenvalue weighted by molar-refractivity contribution is -0.111. The van der Waals surface area contributed by atoms with Crippen LogP contribution in [0.25, 0.3) is 0 Å². The van der Waals surface area contributed by atoms with Gasteiger partial charge >= 0.3 is 6.09 Å². The summed E-state index contributed by atoms with van der Waals surface area (Å²) in [6.45, 7) is 6.42. The normalized spacial score (nSPS) is 27.9. The molecule has 5 heteroatoms. The van der Waals surface area contributed by atoms with Gasteiger partial charge in [0.2, 0.25) is 0 Å². The molecule has 0 bridgehead atoms. The highest BCUT2D eigenvalue weighted by Crippen LogP contribution is 2.30. The summed E-state index contributed by atoms with van der Waals surface area (Å²) in [6.07, 6.45) is -1.37. The number of amides is 1. The lowest BCUT2D eigenvalue weighted by Gasteiger charge is -2.45. The van der Waals surface area contributed by atoms with E-state index in [2.05, 4.69) is 0 Å². The molecule has 0 aromatic rings. The molecule has 0 aliphatic carbocycles. The molecule has 1 aliphatic heterocycles. The van der Waals surface area contributed by atoms with E-state index in [9.17, 15) is 9.90 Å². The number of ether oxygens (including phenoxy) is 1. The zero-order chi connectivity index (χ0) is 11.6. The molecule has 1 amide bonds. The SMILES string of the molecule is CC(C)(C)[C@H]1C(CO)OCCN1C(=O)O. The van der Waals surface area contributed by atoms with Gasteiger partial charge in [0.05, 0.1) is 19.3 Å². The first kappa shape index (κ1) is 12.3. The molecule has 0 aromatic heterocycles. The molecule has 1 heterocycles. The Kier molecular flexibility index (Phi) is 3.57. The Morgan fingerprint density at radius 3 is 2.53 bits per heavy atom. The second kappa shape index (κ2) is 4.37. The summed E-state index contributed by atoms with van der Waals surface area (Å²) in [4.78, 5) is 12.4. The summed E-state index contributed by atoms with van der Waals surface area (Å²) in [5.41, 5.74) is -0.244. The van der Waals surface area contributed by atoms with Crippen LogP contribution < -0.4 is 0 Å². The van der Waals surface area contributed by atoms with E-state index in [0.29, 0.717) is 13.2 Å². The number of aliphatic hydroxyl groups is 1. The van der Waals surface area contributed by atoms with Gasteiger partial charge in [0.25, 0.3) is 0 Å². The molecule has 1 saturated heterocycles. The molecule has 2 atom stereocenters. The number of morpholine rings is 1. The predicted molar refractivity (Wildman–Crippen MR) is 54.8 cm³/mol. The van der Waals surface area contributed by atoms with Crippen molar-refractivity contribution in [2.24, 2.45) is 5.41 Å². The Morgan fingerprint density at radius 1 is 1.53 bits per heavy atom. The molecule has 0 spiro atoms. The number of nitrogens with zero attached hydrogens (tertiary/aromatic N) is 1. The number of hydrogen-bond donors (Lipinski definition) is 2. The first-order valence-corrected chi connectivity index (χ1v) is 5.10. The summed E-state index contributed by atoms with van der Waals surface area (Å²) in [7, 11) is 0. The van der Waals surface area contributed by atoms with Gasteiger partial charge in [-0.05, 0) is 5.41 Å². The highest BCUT2D eigenvalue weighted by atomic mass is 16.5. The standard InChI is InChI=1S/C10H19NO4/c1-10(2,3)8-7(6-12)15-5-4-11(8)9(13)14/h7-8,12H,4-6H2,1-3H3,(H,13,14)/t7?,8-/m1/s1. The van der Waals surface area contributed by atoms with Crippen molar-refractivity contribution in [3.8, 4) is 0 Å². The average molecular weight is 217 g/mol. The van der Waals surface area contributed by atoms with E-state index < -0.39 is 12.2 Å². The second-order valence-corrected chi connectivity index (χ2v) is 4.88. The molecular formula is C10H19NO4. The third-order valence-corrected chi connectivity index (χ3v) is 2.67. The average Bonchev–Trinajstić information content (AvgIpc) is 2.15. The van der Waals surface area contributed by atoms with Crippen molar-refractivity contribution in [1.29, 1.82) is 0 Å². The minimum absolute atomic E-state index is 0.147. The summed E-state index contributed by atoms with van der Waals surface area (Å²) < 4.78 is 5.39. The van der Waals surface area contributed by atoms with Crippen LogP contribution in [0.4, 0.5) is 4.79 Å². The summed E-state index contributed by atoms with van der Waals surface area (Å²) in [5.74, 6) is 0. The third-order valence-electron chi connectivity index (χ3n) is 2.67. The maximum absolute atomic E-state index is 11.1. The van der Waals surface area contributed by atoms with Crippen LogP contribution in [0.1, 0.15) is 20.8 Å². The maximum Gasteiger partial charge on any atom is 0.407 e. The summed E-state index contributed by atoms with van der Waals surface area (Å²) >= 11 is 0. The summed E-state index contributed by atoms with van der Waals surface area (Å²) in [5, 5.41) is 18.3. The zero-order valence-corrected chi connectivity index (χ0v) is 9.43. The lowest BCUT2D eigenvalue weighted by atomic mass is 9.81. The first-order valence-electron chi connectivity index (χ1n) is 5.10. The Balaban J connectivity index is 2.91. The first-order chi connectivity index (χ1) is 6.88. The van der Waals surface area contributed by atoms with E-state index in [-0.39, 0.29) is 18.1 Å². The Hall–Kier alpha value is -0.810. The predicted octanol–water partition coefficient (Wildman–Crippen LogP) is 0.772. The Bertz CT molecular complexity index is 236. The topological polar surface area (TPSA) is 70.0 Å². The van der Waals surface area contributed by atoms with Gasteiger partial charge in [-0.2, -0.15) is 0 Å². The van der Waals surface area contributed by atoms with Gasteiger partial charge in [0.1, 0.15) is 6.10 Å². The molecule has 1 fully saturated rings. The van der Waals surface area contributed by atoms with Crippen LogP contribution in [-0.4, -0.2) is 53.1 Å². The summed E-state index contributed by atoms with van der Waals surface area (Å²) in [6, 6.07) is -0.297. The smallest absolute Gasteiger partial charge is 0.407 e. The van der Waals surface area contributed by atoms with E-state index in [1.54, 1.807) is 0 Å².